The quantitative estimate of drug-likeness (QED) is 0.688. The SMILES string of the molecule is O=C(OF)c1cc(C(F)(F)F)ccc1F. The Hall–Kier alpha value is -1.66. The van der Waals surface area contributed by atoms with Crippen LogP contribution < -0.4 is 0 Å². The van der Waals surface area contributed by atoms with Gasteiger partial charge in [0.25, 0.3) is 0 Å². The summed E-state index contributed by atoms with van der Waals surface area (Å²) in [7, 11) is 0. The third-order valence-electron chi connectivity index (χ3n) is 1.58. The van der Waals surface area contributed by atoms with Gasteiger partial charge in [-0.25, -0.2) is 14.1 Å². The van der Waals surface area contributed by atoms with Crippen LogP contribution in [0.5, 0.6) is 0 Å². The summed E-state index contributed by atoms with van der Waals surface area (Å²) >= 11 is 0. The number of hydrogen-bond donors (Lipinski definition) is 0. The van der Waals surface area contributed by atoms with Crippen molar-refractivity contribution >= 4 is 5.97 Å². The average molecular weight is 226 g/mol. The van der Waals surface area contributed by atoms with Gasteiger partial charge in [-0.3, -0.25) is 0 Å². The van der Waals surface area contributed by atoms with E-state index in [4.69, 9.17) is 0 Å². The maximum Gasteiger partial charge on any atom is 0.416 e. The molecule has 0 unspecified atom stereocenters. The molecule has 0 bridgehead atoms. The molecule has 15 heavy (non-hydrogen) atoms. The molecular weight excluding hydrogens is 223 g/mol. The van der Waals surface area contributed by atoms with E-state index in [9.17, 15) is 26.9 Å². The number of carbonyl (C=O) groups is 1. The summed E-state index contributed by atoms with van der Waals surface area (Å²) in [4.78, 5) is 13.1. The first-order valence-corrected chi connectivity index (χ1v) is 3.56. The summed E-state index contributed by atoms with van der Waals surface area (Å²) in [6.45, 7) is 0. The second-order valence-electron chi connectivity index (χ2n) is 2.56. The van der Waals surface area contributed by atoms with E-state index >= 15 is 0 Å². The number of halogens is 5. The van der Waals surface area contributed by atoms with Gasteiger partial charge in [-0.1, -0.05) is 0 Å². The van der Waals surface area contributed by atoms with Gasteiger partial charge in [0.05, 0.1) is 11.1 Å². The first kappa shape index (κ1) is 11.4. The van der Waals surface area contributed by atoms with Crippen LogP contribution in [0.3, 0.4) is 0 Å². The van der Waals surface area contributed by atoms with Crippen molar-refractivity contribution in [3.8, 4) is 0 Å². The average Bonchev–Trinajstić information content (AvgIpc) is 2.15. The van der Waals surface area contributed by atoms with Crippen molar-refractivity contribution in [3.05, 3.63) is 35.1 Å². The molecule has 0 amide bonds. The molecule has 1 rings (SSSR count). The van der Waals surface area contributed by atoms with Crippen LogP contribution in [0.15, 0.2) is 18.2 Å². The maximum atomic E-state index is 12.8. The zero-order chi connectivity index (χ0) is 11.6. The molecule has 0 aliphatic rings. The number of alkyl halides is 3. The van der Waals surface area contributed by atoms with E-state index in [1.165, 1.54) is 0 Å². The Morgan fingerprint density at radius 1 is 1.27 bits per heavy atom. The molecule has 82 valence electrons. The van der Waals surface area contributed by atoms with Gasteiger partial charge in [-0.05, 0) is 18.2 Å². The number of benzene rings is 1. The van der Waals surface area contributed by atoms with Crippen LogP contribution in [0.2, 0.25) is 0 Å². The van der Waals surface area contributed by atoms with E-state index in [2.05, 4.69) is 4.94 Å². The molecule has 0 N–H and O–H groups in total. The van der Waals surface area contributed by atoms with Crippen molar-refractivity contribution in [2.24, 2.45) is 0 Å². The van der Waals surface area contributed by atoms with Crippen molar-refractivity contribution in [1.29, 1.82) is 0 Å². The lowest BCUT2D eigenvalue weighted by atomic mass is 10.1. The van der Waals surface area contributed by atoms with Gasteiger partial charge in [0.2, 0.25) is 0 Å². The van der Waals surface area contributed by atoms with Crippen molar-refractivity contribution in [2.75, 3.05) is 0 Å². The van der Waals surface area contributed by atoms with Gasteiger partial charge < -0.3 is 0 Å². The first-order chi connectivity index (χ1) is 6.86. The van der Waals surface area contributed by atoms with Crippen molar-refractivity contribution in [2.45, 2.75) is 6.18 Å². The fourth-order valence-electron chi connectivity index (χ4n) is 0.900. The molecule has 7 heteroatoms. The van der Waals surface area contributed by atoms with E-state index in [0.29, 0.717) is 12.1 Å². The fourth-order valence-corrected chi connectivity index (χ4v) is 0.900. The van der Waals surface area contributed by atoms with Crippen LogP contribution in [-0.4, -0.2) is 5.97 Å². The minimum absolute atomic E-state index is 0.178. The predicted molar refractivity (Wildman–Crippen MR) is 37.9 cm³/mol. The minimum Gasteiger partial charge on any atom is -0.249 e. The summed E-state index contributed by atoms with van der Waals surface area (Å²) in [6.07, 6.45) is -4.74. The molecule has 1 aromatic carbocycles. The molecule has 0 heterocycles. The van der Waals surface area contributed by atoms with Gasteiger partial charge in [0.15, 0.2) is 0 Å². The molecule has 0 radical (unpaired) electrons. The lowest BCUT2D eigenvalue weighted by Gasteiger charge is -2.07. The molecule has 0 fully saturated rings. The fraction of sp³-hybridized carbons (Fsp3) is 0.125. The summed E-state index contributed by atoms with van der Waals surface area (Å²) in [5.41, 5.74) is -2.36. The molecule has 2 nitrogen and oxygen atoms in total. The van der Waals surface area contributed by atoms with E-state index in [1.54, 1.807) is 0 Å². The largest absolute Gasteiger partial charge is 0.416 e. The standard InChI is InChI=1S/C8H3F5O2/c9-6-2-1-4(8(10,11)12)3-5(6)7(14)15-13/h1-3H. The molecule has 0 aliphatic carbocycles. The van der Waals surface area contributed by atoms with Crippen molar-refractivity contribution in [3.63, 3.8) is 0 Å². The highest BCUT2D eigenvalue weighted by Crippen LogP contribution is 2.30. The van der Waals surface area contributed by atoms with Crippen LogP contribution >= 0.6 is 0 Å². The Morgan fingerprint density at radius 2 is 1.87 bits per heavy atom. The Kier molecular flexibility index (Phi) is 2.92. The smallest absolute Gasteiger partial charge is 0.249 e. The predicted octanol–water partition coefficient (Wildman–Crippen LogP) is 2.89. The lowest BCUT2D eigenvalue weighted by molar-refractivity contribution is -0.137. The topological polar surface area (TPSA) is 26.3 Å². The van der Waals surface area contributed by atoms with Crippen LogP contribution in [0.4, 0.5) is 22.1 Å². The maximum absolute atomic E-state index is 12.8. The highest BCUT2D eigenvalue weighted by atomic mass is 19.4. The highest BCUT2D eigenvalue weighted by Gasteiger charge is 2.32. The van der Waals surface area contributed by atoms with Gasteiger partial charge >= 0.3 is 12.1 Å². The van der Waals surface area contributed by atoms with Crippen LogP contribution in [0.1, 0.15) is 15.9 Å². The monoisotopic (exact) mass is 226 g/mol. The van der Waals surface area contributed by atoms with Gasteiger partial charge in [0.1, 0.15) is 5.82 Å². The van der Waals surface area contributed by atoms with Gasteiger partial charge in [0, 0.05) is 4.53 Å². The van der Waals surface area contributed by atoms with E-state index in [1.807, 2.05) is 0 Å². The van der Waals surface area contributed by atoms with E-state index in [-0.39, 0.29) is 6.07 Å². The minimum atomic E-state index is -4.74. The first-order valence-electron chi connectivity index (χ1n) is 3.56. The van der Waals surface area contributed by atoms with E-state index in [0.717, 1.165) is 0 Å². The highest BCUT2D eigenvalue weighted by molar-refractivity contribution is 5.89. The Labute approximate surface area is 80.2 Å². The number of carbonyl (C=O) groups excluding carboxylic acids is 1. The van der Waals surface area contributed by atoms with Gasteiger partial charge in [-0.15, -0.1) is 0 Å². The molecule has 0 saturated heterocycles. The molecule has 0 aliphatic heterocycles. The second-order valence-corrected chi connectivity index (χ2v) is 2.56. The van der Waals surface area contributed by atoms with Crippen molar-refractivity contribution in [1.82, 2.24) is 0 Å². The third-order valence-corrected chi connectivity index (χ3v) is 1.58. The zero-order valence-corrected chi connectivity index (χ0v) is 6.94. The van der Waals surface area contributed by atoms with E-state index < -0.39 is 29.1 Å². The molecule has 1 aromatic rings. The number of hydrogen-bond acceptors (Lipinski definition) is 2. The normalized spacial score (nSPS) is 11.3. The van der Waals surface area contributed by atoms with Crippen molar-refractivity contribution < 1.29 is 31.8 Å². The summed E-state index contributed by atoms with van der Waals surface area (Å²) in [6, 6.07) is 1.02. The Balaban J connectivity index is 3.23. The molecular formula is C8H3F5O2. The Bertz CT molecular complexity index is 385. The molecule has 0 saturated carbocycles. The second kappa shape index (κ2) is 3.84. The molecule has 0 atom stereocenters. The van der Waals surface area contributed by atoms with Crippen LogP contribution in [0, 0.1) is 5.82 Å². The molecule has 0 spiro atoms. The Morgan fingerprint density at radius 3 is 2.33 bits per heavy atom. The summed E-state index contributed by atoms with van der Waals surface area (Å²) in [5.74, 6) is -3.09. The third kappa shape index (κ3) is 2.42. The molecule has 0 aromatic heterocycles. The lowest BCUT2D eigenvalue weighted by Crippen LogP contribution is -2.09. The van der Waals surface area contributed by atoms with Crippen LogP contribution in [-0.2, 0) is 11.1 Å². The van der Waals surface area contributed by atoms with Crippen LogP contribution in [0.25, 0.3) is 0 Å². The zero-order valence-electron chi connectivity index (χ0n) is 6.94. The summed E-state index contributed by atoms with van der Waals surface area (Å²) < 4.78 is 60.4. The van der Waals surface area contributed by atoms with Gasteiger partial charge in [-0.2, -0.15) is 13.2 Å². The summed E-state index contributed by atoms with van der Waals surface area (Å²) in [5, 5.41) is 0. The number of rotatable bonds is 1.